The fraction of sp³-hybridized carbons (Fsp3) is 0.562. The molecule has 1 amide bonds. The Bertz CT molecular complexity index is 425. The number of amides is 1. The second-order valence-corrected chi connectivity index (χ2v) is 5.88. The van der Waals surface area contributed by atoms with Gasteiger partial charge in [0.2, 0.25) is 5.91 Å². The third-order valence-corrected chi connectivity index (χ3v) is 2.57. The number of rotatable bonds is 7. The molecule has 0 bridgehead atoms. The van der Waals surface area contributed by atoms with Gasteiger partial charge in [-0.05, 0) is 39.3 Å². The van der Waals surface area contributed by atoms with Crippen LogP contribution < -0.4 is 15.4 Å². The predicted octanol–water partition coefficient (Wildman–Crippen LogP) is 3.19. The fourth-order valence-corrected chi connectivity index (χ4v) is 1.67. The Morgan fingerprint density at radius 1 is 1.30 bits per heavy atom. The summed E-state index contributed by atoms with van der Waals surface area (Å²) in [7, 11) is 0. The topological polar surface area (TPSA) is 50.4 Å². The van der Waals surface area contributed by atoms with Gasteiger partial charge in [-0.3, -0.25) is 4.79 Å². The molecule has 0 radical (unpaired) electrons. The molecule has 112 valence electrons. The van der Waals surface area contributed by atoms with Crippen molar-refractivity contribution in [1.29, 1.82) is 0 Å². The molecule has 0 atom stereocenters. The number of ether oxygens (including phenoxy) is 1. The van der Waals surface area contributed by atoms with Gasteiger partial charge in [0, 0.05) is 17.3 Å². The molecule has 0 saturated carbocycles. The van der Waals surface area contributed by atoms with E-state index in [0.717, 1.165) is 30.9 Å². The van der Waals surface area contributed by atoms with Crippen LogP contribution in [0, 0.1) is 0 Å². The van der Waals surface area contributed by atoms with E-state index in [1.54, 1.807) is 0 Å². The van der Waals surface area contributed by atoms with Crippen LogP contribution in [0.5, 0.6) is 5.75 Å². The lowest BCUT2D eigenvalue weighted by atomic mass is 10.1. The quantitative estimate of drug-likeness (QED) is 0.753. The van der Waals surface area contributed by atoms with Gasteiger partial charge in [0.25, 0.3) is 0 Å². The molecule has 4 nitrogen and oxygen atoms in total. The van der Waals surface area contributed by atoms with Crippen molar-refractivity contribution >= 4 is 11.6 Å². The second kappa shape index (κ2) is 7.78. The number of benzene rings is 1. The average Bonchev–Trinajstić information content (AvgIpc) is 2.35. The first-order valence-electron chi connectivity index (χ1n) is 7.18. The van der Waals surface area contributed by atoms with E-state index >= 15 is 0 Å². The molecule has 0 spiro atoms. The maximum atomic E-state index is 11.7. The van der Waals surface area contributed by atoms with Crippen molar-refractivity contribution in [3.05, 3.63) is 24.3 Å². The van der Waals surface area contributed by atoms with Crippen molar-refractivity contribution in [2.24, 2.45) is 0 Å². The maximum Gasteiger partial charge on any atom is 0.239 e. The van der Waals surface area contributed by atoms with Crippen molar-refractivity contribution in [2.75, 3.05) is 18.5 Å². The average molecular weight is 278 g/mol. The summed E-state index contributed by atoms with van der Waals surface area (Å²) in [4.78, 5) is 11.7. The van der Waals surface area contributed by atoms with Gasteiger partial charge in [-0.25, -0.2) is 0 Å². The van der Waals surface area contributed by atoms with E-state index in [9.17, 15) is 4.79 Å². The normalized spacial score (nSPS) is 11.0. The number of anilines is 1. The van der Waals surface area contributed by atoms with Gasteiger partial charge >= 0.3 is 0 Å². The molecule has 0 fully saturated rings. The summed E-state index contributed by atoms with van der Waals surface area (Å²) in [6.07, 6.45) is 2.16. The van der Waals surface area contributed by atoms with Crippen LogP contribution in [-0.2, 0) is 4.79 Å². The molecule has 1 rings (SSSR count). The Morgan fingerprint density at radius 3 is 2.70 bits per heavy atom. The van der Waals surface area contributed by atoms with E-state index in [0.29, 0.717) is 0 Å². The van der Waals surface area contributed by atoms with Crippen molar-refractivity contribution in [1.82, 2.24) is 5.32 Å². The van der Waals surface area contributed by atoms with Crippen LogP contribution in [-0.4, -0.2) is 24.6 Å². The predicted molar refractivity (Wildman–Crippen MR) is 83.2 cm³/mol. The number of carbonyl (C=O) groups excluding carboxylic acids is 1. The van der Waals surface area contributed by atoms with E-state index < -0.39 is 0 Å². The Labute approximate surface area is 121 Å². The largest absolute Gasteiger partial charge is 0.494 e. The lowest BCUT2D eigenvalue weighted by Gasteiger charge is -2.20. The van der Waals surface area contributed by atoms with Crippen LogP contribution in [0.3, 0.4) is 0 Å². The summed E-state index contributed by atoms with van der Waals surface area (Å²) >= 11 is 0. The zero-order valence-corrected chi connectivity index (χ0v) is 13.0. The maximum absolute atomic E-state index is 11.7. The van der Waals surface area contributed by atoms with Crippen molar-refractivity contribution in [3.63, 3.8) is 0 Å². The Hall–Kier alpha value is -1.71. The summed E-state index contributed by atoms with van der Waals surface area (Å²) < 4.78 is 5.63. The minimum absolute atomic E-state index is 0.0187. The van der Waals surface area contributed by atoms with Gasteiger partial charge in [0.05, 0.1) is 13.2 Å². The highest BCUT2D eigenvalue weighted by molar-refractivity contribution is 5.81. The summed E-state index contributed by atoms with van der Waals surface area (Å²) in [5.74, 6) is 0.814. The second-order valence-electron chi connectivity index (χ2n) is 5.88. The number of unbranched alkanes of at least 4 members (excludes halogenated alkanes) is 1. The molecular weight excluding hydrogens is 252 g/mol. The molecule has 2 N–H and O–H groups in total. The number of hydrogen-bond acceptors (Lipinski definition) is 3. The van der Waals surface area contributed by atoms with Crippen LogP contribution in [0.15, 0.2) is 24.3 Å². The van der Waals surface area contributed by atoms with Gasteiger partial charge in [-0.15, -0.1) is 0 Å². The van der Waals surface area contributed by atoms with Gasteiger partial charge in [0.15, 0.2) is 0 Å². The first-order valence-corrected chi connectivity index (χ1v) is 7.18. The zero-order valence-electron chi connectivity index (χ0n) is 13.0. The third-order valence-electron chi connectivity index (χ3n) is 2.57. The van der Waals surface area contributed by atoms with E-state index in [-0.39, 0.29) is 18.0 Å². The van der Waals surface area contributed by atoms with Crippen molar-refractivity contribution < 1.29 is 9.53 Å². The number of hydrogen-bond donors (Lipinski definition) is 2. The highest BCUT2D eigenvalue weighted by Crippen LogP contribution is 2.17. The molecule has 0 aliphatic carbocycles. The van der Waals surface area contributed by atoms with Crippen molar-refractivity contribution in [2.45, 2.75) is 46.1 Å². The molecule has 1 aromatic rings. The number of carbonyl (C=O) groups is 1. The Kier molecular flexibility index (Phi) is 6.36. The molecule has 0 heterocycles. The van der Waals surface area contributed by atoms with Gasteiger partial charge in [-0.1, -0.05) is 19.4 Å². The molecule has 0 aliphatic heterocycles. The van der Waals surface area contributed by atoms with Crippen LogP contribution >= 0.6 is 0 Å². The molecule has 1 aromatic carbocycles. The smallest absolute Gasteiger partial charge is 0.239 e. The first kappa shape index (κ1) is 16.3. The number of nitrogens with one attached hydrogen (secondary N) is 2. The molecule has 20 heavy (non-hydrogen) atoms. The van der Waals surface area contributed by atoms with Crippen LogP contribution in [0.1, 0.15) is 40.5 Å². The molecular formula is C16H26N2O2. The SMILES string of the molecule is CCCCOc1cccc(NCC(=O)NC(C)(C)C)c1. The van der Waals surface area contributed by atoms with E-state index in [2.05, 4.69) is 17.6 Å². The standard InChI is InChI=1S/C16H26N2O2/c1-5-6-10-20-14-9-7-8-13(11-14)17-12-15(19)18-16(2,3)4/h7-9,11,17H,5-6,10,12H2,1-4H3,(H,18,19). The van der Waals surface area contributed by atoms with Crippen LogP contribution in [0.25, 0.3) is 0 Å². The minimum atomic E-state index is -0.204. The highest BCUT2D eigenvalue weighted by atomic mass is 16.5. The minimum Gasteiger partial charge on any atom is -0.494 e. The van der Waals surface area contributed by atoms with Crippen LogP contribution in [0.2, 0.25) is 0 Å². The van der Waals surface area contributed by atoms with Gasteiger partial charge in [0.1, 0.15) is 5.75 Å². The lowest BCUT2D eigenvalue weighted by molar-refractivity contribution is -0.120. The Morgan fingerprint density at radius 2 is 2.05 bits per heavy atom. The fourth-order valence-electron chi connectivity index (χ4n) is 1.67. The molecule has 0 aromatic heterocycles. The van der Waals surface area contributed by atoms with E-state index in [4.69, 9.17) is 4.74 Å². The Balaban J connectivity index is 2.44. The van der Waals surface area contributed by atoms with E-state index in [1.165, 1.54) is 0 Å². The van der Waals surface area contributed by atoms with Gasteiger partial charge < -0.3 is 15.4 Å². The lowest BCUT2D eigenvalue weighted by Crippen LogP contribution is -2.43. The molecule has 0 saturated heterocycles. The molecule has 0 aliphatic rings. The molecule has 0 unspecified atom stereocenters. The molecule has 4 heteroatoms. The van der Waals surface area contributed by atoms with Gasteiger partial charge in [-0.2, -0.15) is 0 Å². The summed E-state index contributed by atoms with van der Waals surface area (Å²) in [5, 5.41) is 6.02. The summed E-state index contributed by atoms with van der Waals surface area (Å²) in [6.45, 7) is 9.02. The zero-order chi connectivity index (χ0) is 15.0. The summed E-state index contributed by atoms with van der Waals surface area (Å²) in [5.41, 5.74) is 0.687. The van der Waals surface area contributed by atoms with Crippen molar-refractivity contribution in [3.8, 4) is 5.75 Å². The first-order chi connectivity index (χ1) is 9.40. The monoisotopic (exact) mass is 278 g/mol. The van der Waals surface area contributed by atoms with Crippen LogP contribution in [0.4, 0.5) is 5.69 Å². The third kappa shape index (κ3) is 7.02. The highest BCUT2D eigenvalue weighted by Gasteiger charge is 2.13. The summed E-state index contributed by atoms with van der Waals surface area (Å²) in [6, 6.07) is 7.69. The van der Waals surface area contributed by atoms with E-state index in [1.807, 2.05) is 45.0 Å².